The largest absolute Gasteiger partial charge is 0.491 e. The number of nitrogens with one attached hydrogen (secondary N) is 3. The summed E-state index contributed by atoms with van der Waals surface area (Å²) in [6.07, 6.45) is 3.53. The number of ether oxygens (including phenoxy) is 2. The van der Waals surface area contributed by atoms with Gasteiger partial charge in [-0.1, -0.05) is 19.1 Å². The lowest BCUT2D eigenvalue weighted by Gasteiger charge is -2.13. The number of benzene rings is 2. The van der Waals surface area contributed by atoms with Crippen LogP contribution in [0.4, 0.5) is 17.1 Å². The summed E-state index contributed by atoms with van der Waals surface area (Å²) in [5.74, 6) is 0.522. The van der Waals surface area contributed by atoms with Gasteiger partial charge >= 0.3 is 0 Å². The number of hydrogen-bond donors (Lipinski definition) is 3. The highest BCUT2D eigenvalue weighted by atomic mass is 16.5. The van der Waals surface area contributed by atoms with Crippen LogP contribution in [0.2, 0.25) is 0 Å². The van der Waals surface area contributed by atoms with E-state index in [0.29, 0.717) is 24.4 Å². The number of anilines is 3. The molecule has 1 fully saturated rings. The Morgan fingerprint density at radius 3 is 2.50 bits per heavy atom. The summed E-state index contributed by atoms with van der Waals surface area (Å²) < 4.78 is 11.4. The molecular formula is C23H29N3O4. The molecule has 1 atom stereocenters. The first-order valence-corrected chi connectivity index (χ1v) is 10.4. The van der Waals surface area contributed by atoms with Gasteiger partial charge in [-0.25, -0.2) is 0 Å². The zero-order valence-corrected chi connectivity index (χ0v) is 17.3. The fourth-order valence-corrected chi connectivity index (χ4v) is 3.17. The van der Waals surface area contributed by atoms with Gasteiger partial charge in [-0.3, -0.25) is 9.59 Å². The lowest BCUT2D eigenvalue weighted by molar-refractivity contribution is -0.116. The molecule has 7 heteroatoms. The molecular weight excluding hydrogens is 382 g/mol. The van der Waals surface area contributed by atoms with E-state index in [4.69, 9.17) is 9.47 Å². The van der Waals surface area contributed by atoms with E-state index in [1.807, 2.05) is 31.2 Å². The van der Waals surface area contributed by atoms with Gasteiger partial charge in [0.25, 0.3) is 0 Å². The molecule has 160 valence electrons. The second-order valence-electron chi connectivity index (χ2n) is 7.25. The Labute approximate surface area is 177 Å². The zero-order chi connectivity index (χ0) is 21.2. The van der Waals surface area contributed by atoms with E-state index in [-0.39, 0.29) is 24.5 Å². The molecule has 2 aromatic rings. The van der Waals surface area contributed by atoms with Crippen LogP contribution in [0.5, 0.6) is 5.75 Å². The van der Waals surface area contributed by atoms with E-state index in [2.05, 4.69) is 16.0 Å². The second kappa shape index (κ2) is 11.2. The predicted molar refractivity (Wildman–Crippen MR) is 118 cm³/mol. The maximum absolute atomic E-state index is 12.3. The Kier molecular flexibility index (Phi) is 8.09. The van der Waals surface area contributed by atoms with E-state index < -0.39 is 0 Å². The van der Waals surface area contributed by atoms with Crippen LogP contribution in [0, 0.1) is 0 Å². The highest BCUT2D eigenvalue weighted by Gasteiger charge is 2.16. The van der Waals surface area contributed by atoms with Crippen LogP contribution in [0.1, 0.15) is 32.6 Å². The molecule has 30 heavy (non-hydrogen) atoms. The third kappa shape index (κ3) is 7.08. The minimum atomic E-state index is -0.183. The standard InChI is InChI=1S/C23H29N3O4/c1-2-6-22(27)25-18-8-3-9-19(13-18)26-23(28)15-24-17-7-4-10-20(14-17)30-16-21-11-5-12-29-21/h3-4,7-10,13-14,21,24H,2,5-6,11-12,15-16H2,1H3,(H,25,27)(H,26,28). The summed E-state index contributed by atoms with van der Waals surface area (Å²) in [5.41, 5.74) is 2.09. The summed E-state index contributed by atoms with van der Waals surface area (Å²) in [4.78, 5) is 24.0. The molecule has 1 aliphatic heterocycles. The van der Waals surface area contributed by atoms with E-state index >= 15 is 0 Å². The quantitative estimate of drug-likeness (QED) is 0.549. The van der Waals surface area contributed by atoms with Crippen molar-refractivity contribution in [2.45, 2.75) is 38.7 Å². The van der Waals surface area contributed by atoms with Crippen molar-refractivity contribution >= 4 is 28.9 Å². The summed E-state index contributed by atoms with van der Waals surface area (Å²) in [5, 5.41) is 8.76. The van der Waals surface area contributed by atoms with Crippen LogP contribution >= 0.6 is 0 Å². The topological polar surface area (TPSA) is 88.7 Å². The van der Waals surface area contributed by atoms with Crippen LogP contribution < -0.4 is 20.7 Å². The highest BCUT2D eigenvalue weighted by Crippen LogP contribution is 2.20. The van der Waals surface area contributed by atoms with Crippen molar-refractivity contribution < 1.29 is 19.1 Å². The predicted octanol–water partition coefficient (Wildman–Crippen LogP) is 4.03. The molecule has 3 rings (SSSR count). The van der Waals surface area contributed by atoms with Gasteiger partial charge in [0.15, 0.2) is 0 Å². The Morgan fingerprint density at radius 1 is 1.03 bits per heavy atom. The maximum atomic E-state index is 12.3. The molecule has 1 unspecified atom stereocenters. The zero-order valence-electron chi connectivity index (χ0n) is 17.3. The molecule has 2 amide bonds. The monoisotopic (exact) mass is 411 g/mol. The van der Waals surface area contributed by atoms with Gasteiger partial charge in [-0.2, -0.15) is 0 Å². The maximum Gasteiger partial charge on any atom is 0.243 e. The third-order valence-electron chi connectivity index (χ3n) is 4.65. The summed E-state index contributed by atoms with van der Waals surface area (Å²) in [6.45, 7) is 3.41. The molecule has 0 saturated carbocycles. The number of hydrogen-bond acceptors (Lipinski definition) is 5. The van der Waals surface area contributed by atoms with Crippen molar-refractivity contribution in [3.63, 3.8) is 0 Å². The molecule has 7 nitrogen and oxygen atoms in total. The minimum absolute atomic E-state index is 0.0377. The minimum Gasteiger partial charge on any atom is -0.491 e. The van der Waals surface area contributed by atoms with E-state index in [1.54, 1.807) is 24.3 Å². The Bertz CT molecular complexity index is 850. The normalized spacial score (nSPS) is 15.4. The van der Waals surface area contributed by atoms with Crippen molar-refractivity contribution in [1.29, 1.82) is 0 Å². The molecule has 1 heterocycles. The average molecular weight is 412 g/mol. The molecule has 2 aromatic carbocycles. The van der Waals surface area contributed by atoms with Gasteiger partial charge in [0, 0.05) is 36.2 Å². The van der Waals surface area contributed by atoms with Crippen LogP contribution in [0.3, 0.4) is 0 Å². The number of carbonyl (C=O) groups is 2. The fraction of sp³-hybridized carbons (Fsp3) is 0.391. The van der Waals surface area contributed by atoms with Crippen LogP contribution in [0.25, 0.3) is 0 Å². The molecule has 0 bridgehead atoms. The molecule has 0 spiro atoms. The SMILES string of the molecule is CCCC(=O)Nc1cccc(NC(=O)CNc2cccc(OCC3CCCO3)c2)c1. The van der Waals surface area contributed by atoms with Gasteiger partial charge < -0.3 is 25.4 Å². The number of amides is 2. The van der Waals surface area contributed by atoms with Crippen molar-refractivity contribution in [2.24, 2.45) is 0 Å². The smallest absolute Gasteiger partial charge is 0.243 e. The lowest BCUT2D eigenvalue weighted by Crippen LogP contribution is -2.22. The molecule has 0 aliphatic carbocycles. The van der Waals surface area contributed by atoms with Gasteiger partial charge in [-0.05, 0) is 49.6 Å². The lowest BCUT2D eigenvalue weighted by atomic mass is 10.2. The van der Waals surface area contributed by atoms with Crippen LogP contribution in [-0.2, 0) is 14.3 Å². The van der Waals surface area contributed by atoms with Gasteiger partial charge in [0.05, 0.1) is 12.6 Å². The molecule has 0 radical (unpaired) electrons. The Balaban J connectivity index is 1.46. The first kappa shape index (κ1) is 21.6. The number of carbonyl (C=O) groups excluding carboxylic acids is 2. The van der Waals surface area contributed by atoms with Gasteiger partial charge in [-0.15, -0.1) is 0 Å². The highest BCUT2D eigenvalue weighted by molar-refractivity contribution is 5.95. The fourth-order valence-electron chi connectivity index (χ4n) is 3.17. The first-order valence-electron chi connectivity index (χ1n) is 10.4. The van der Waals surface area contributed by atoms with Crippen LogP contribution in [0.15, 0.2) is 48.5 Å². The third-order valence-corrected chi connectivity index (χ3v) is 4.65. The van der Waals surface area contributed by atoms with Crippen molar-refractivity contribution in [1.82, 2.24) is 0 Å². The number of rotatable bonds is 10. The average Bonchev–Trinajstić information content (AvgIpc) is 3.25. The molecule has 1 saturated heterocycles. The van der Waals surface area contributed by atoms with Gasteiger partial charge in [0.1, 0.15) is 12.4 Å². The van der Waals surface area contributed by atoms with Crippen molar-refractivity contribution in [2.75, 3.05) is 35.7 Å². The van der Waals surface area contributed by atoms with E-state index in [0.717, 1.165) is 37.3 Å². The molecule has 3 N–H and O–H groups in total. The second-order valence-corrected chi connectivity index (χ2v) is 7.25. The Morgan fingerprint density at radius 2 is 1.77 bits per heavy atom. The van der Waals surface area contributed by atoms with Crippen LogP contribution in [-0.4, -0.2) is 37.7 Å². The molecule has 0 aromatic heterocycles. The van der Waals surface area contributed by atoms with Crippen molar-refractivity contribution in [3.05, 3.63) is 48.5 Å². The summed E-state index contributed by atoms with van der Waals surface area (Å²) >= 11 is 0. The van der Waals surface area contributed by atoms with E-state index in [1.165, 1.54) is 0 Å². The summed E-state index contributed by atoms with van der Waals surface area (Å²) in [7, 11) is 0. The Hall–Kier alpha value is -3.06. The van der Waals surface area contributed by atoms with Crippen molar-refractivity contribution in [3.8, 4) is 5.75 Å². The molecule has 1 aliphatic rings. The first-order chi connectivity index (χ1) is 14.6. The van der Waals surface area contributed by atoms with E-state index in [9.17, 15) is 9.59 Å². The van der Waals surface area contributed by atoms with Gasteiger partial charge in [0.2, 0.25) is 11.8 Å². The summed E-state index contributed by atoms with van der Waals surface area (Å²) in [6, 6.07) is 14.6.